The molecule has 11 nitrogen and oxygen atoms in total. The van der Waals surface area contributed by atoms with Crippen molar-refractivity contribution in [1.82, 2.24) is 25.0 Å². The highest BCUT2D eigenvalue weighted by atomic mass is 16.5. The number of piperidine rings is 3. The van der Waals surface area contributed by atoms with Gasteiger partial charge in [-0.25, -0.2) is 9.78 Å². The number of rotatable bonds is 8. The molecular formula is C32H33N7O4. The Balaban J connectivity index is 1.23. The average molecular weight is 580 g/mol. The van der Waals surface area contributed by atoms with Gasteiger partial charge in [0.2, 0.25) is 5.95 Å². The van der Waals surface area contributed by atoms with E-state index in [0.29, 0.717) is 34.5 Å². The number of carbonyl (C=O) groups excluding carboxylic acids is 1. The fourth-order valence-electron chi connectivity index (χ4n) is 6.21. The summed E-state index contributed by atoms with van der Waals surface area (Å²) in [5, 5.41) is 21.4. The van der Waals surface area contributed by atoms with Crippen molar-refractivity contribution in [2.75, 3.05) is 36.9 Å². The molecule has 3 fully saturated rings. The van der Waals surface area contributed by atoms with E-state index in [2.05, 4.69) is 32.3 Å². The van der Waals surface area contributed by atoms with Gasteiger partial charge in [-0.05, 0) is 80.7 Å². The summed E-state index contributed by atoms with van der Waals surface area (Å²) in [5.41, 5.74) is 3.97. The number of hydrogen-bond donors (Lipinski definition) is 3. The zero-order chi connectivity index (χ0) is 29.6. The molecular weight excluding hydrogens is 546 g/mol. The standard InChI is InChI=1S/C32H33N7O4/c1-19-20(2)42-29(41)23-9-8-22(16-24(19)23)34-31-33-17-25(27(36-31)35-26(18-40)21-6-4-3-5-7-21)28-37-30(38-43-28)32-10-13-39(14-11-32)15-12-32/h3-9,16-17,20,26,40H,1,10-15,18H2,2H3,(H2,33,34,35,36)/t20?,26-/m1/s1. The van der Waals surface area contributed by atoms with E-state index >= 15 is 0 Å². The van der Waals surface area contributed by atoms with Crippen molar-refractivity contribution in [2.24, 2.45) is 0 Å². The predicted molar refractivity (Wildman–Crippen MR) is 161 cm³/mol. The van der Waals surface area contributed by atoms with Crippen molar-refractivity contribution in [2.45, 2.75) is 43.7 Å². The minimum Gasteiger partial charge on any atom is -0.454 e. The Labute approximate surface area is 249 Å². The van der Waals surface area contributed by atoms with E-state index in [0.717, 1.165) is 61.4 Å². The summed E-state index contributed by atoms with van der Waals surface area (Å²) in [6.07, 6.45) is 4.28. The number of esters is 1. The van der Waals surface area contributed by atoms with Crippen molar-refractivity contribution in [1.29, 1.82) is 0 Å². The second-order valence-corrected chi connectivity index (χ2v) is 11.5. The topological polar surface area (TPSA) is 139 Å². The number of nitrogens with zero attached hydrogens (tertiary/aromatic N) is 5. The molecule has 2 atom stereocenters. The summed E-state index contributed by atoms with van der Waals surface area (Å²) in [6, 6.07) is 14.5. The highest BCUT2D eigenvalue weighted by molar-refractivity contribution is 5.99. The molecule has 3 saturated heterocycles. The Morgan fingerprint density at radius 1 is 1.07 bits per heavy atom. The third-order valence-electron chi connectivity index (χ3n) is 8.95. The SMILES string of the molecule is C=C1c2cc(Nc3ncc(-c4nc(C56CCN(CC5)CC6)no4)c(N[C@H](CO)c4ccccc4)n3)ccc2C(=O)OC1C. The number of carbonyl (C=O) groups is 1. The first-order chi connectivity index (χ1) is 20.9. The van der Waals surface area contributed by atoms with Crippen molar-refractivity contribution in [3.8, 4) is 11.5 Å². The summed E-state index contributed by atoms with van der Waals surface area (Å²) in [6.45, 7) is 8.88. The number of cyclic esters (lactones) is 1. The summed E-state index contributed by atoms with van der Waals surface area (Å²) < 4.78 is 11.2. The molecule has 0 aliphatic carbocycles. The first kappa shape index (κ1) is 27.2. The van der Waals surface area contributed by atoms with Crippen LogP contribution in [0.3, 0.4) is 0 Å². The molecule has 2 bridgehead atoms. The van der Waals surface area contributed by atoms with E-state index < -0.39 is 12.1 Å². The number of benzene rings is 2. The normalized spacial score (nSPS) is 23.4. The monoisotopic (exact) mass is 579 g/mol. The number of ether oxygens (including phenoxy) is 1. The quantitative estimate of drug-likeness (QED) is 0.250. The average Bonchev–Trinajstić information content (AvgIpc) is 3.55. The summed E-state index contributed by atoms with van der Waals surface area (Å²) in [4.78, 5) is 29.1. The van der Waals surface area contributed by atoms with Crippen LogP contribution in [0, 0.1) is 0 Å². The highest BCUT2D eigenvalue weighted by Crippen LogP contribution is 2.42. The van der Waals surface area contributed by atoms with Crippen LogP contribution in [-0.4, -0.2) is 68.4 Å². The van der Waals surface area contributed by atoms with Crippen LogP contribution < -0.4 is 10.6 Å². The predicted octanol–water partition coefficient (Wildman–Crippen LogP) is 4.73. The molecule has 4 aromatic rings. The van der Waals surface area contributed by atoms with Gasteiger partial charge in [0.15, 0.2) is 5.82 Å². The van der Waals surface area contributed by atoms with Gasteiger partial charge in [0.1, 0.15) is 17.5 Å². The Hall–Kier alpha value is -4.61. The Bertz CT molecular complexity index is 1670. The fourth-order valence-corrected chi connectivity index (χ4v) is 6.21. The van der Waals surface area contributed by atoms with Crippen LogP contribution in [0.1, 0.15) is 59.5 Å². The molecule has 220 valence electrons. The maximum atomic E-state index is 12.4. The molecule has 4 aliphatic rings. The van der Waals surface area contributed by atoms with Crippen LogP contribution in [0.5, 0.6) is 0 Å². The summed E-state index contributed by atoms with van der Waals surface area (Å²) in [7, 11) is 0. The molecule has 11 heteroatoms. The van der Waals surface area contributed by atoms with Crippen molar-refractivity contribution < 1.29 is 19.2 Å². The lowest BCUT2D eigenvalue weighted by atomic mass is 9.71. The van der Waals surface area contributed by atoms with Gasteiger partial charge in [-0.1, -0.05) is 42.1 Å². The summed E-state index contributed by atoms with van der Waals surface area (Å²) >= 11 is 0. The van der Waals surface area contributed by atoms with Crippen LogP contribution in [0.25, 0.3) is 17.0 Å². The molecule has 1 unspecified atom stereocenters. The molecule has 3 N–H and O–H groups in total. The smallest absolute Gasteiger partial charge is 0.339 e. The second-order valence-electron chi connectivity index (χ2n) is 11.5. The number of nitrogens with one attached hydrogen (secondary N) is 2. The maximum absolute atomic E-state index is 12.4. The minimum atomic E-state index is -0.439. The van der Waals surface area contributed by atoms with Crippen LogP contribution in [-0.2, 0) is 10.2 Å². The molecule has 4 aliphatic heterocycles. The van der Waals surface area contributed by atoms with E-state index in [1.807, 2.05) is 36.4 Å². The third kappa shape index (κ3) is 5.04. The van der Waals surface area contributed by atoms with E-state index in [1.165, 1.54) is 0 Å². The minimum absolute atomic E-state index is 0.0650. The Morgan fingerprint density at radius 3 is 2.58 bits per heavy atom. The van der Waals surface area contributed by atoms with Gasteiger partial charge >= 0.3 is 5.97 Å². The number of aliphatic hydroxyl groups is 1. The van der Waals surface area contributed by atoms with Crippen molar-refractivity contribution >= 4 is 29.0 Å². The van der Waals surface area contributed by atoms with Crippen molar-refractivity contribution in [3.05, 3.63) is 83.8 Å². The first-order valence-corrected chi connectivity index (χ1v) is 14.6. The molecule has 8 rings (SSSR count). The van der Waals surface area contributed by atoms with Gasteiger partial charge in [0.25, 0.3) is 5.89 Å². The van der Waals surface area contributed by atoms with Gasteiger partial charge in [-0.2, -0.15) is 9.97 Å². The molecule has 43 heavy (non-hydrogen) atoms. The number of aliphatic hydroxyl groups excluding tert-OH is 1. The van der Waals surface area contributed by atoms with Crippen molar-refractivity contribution in [3.63, 3.8) is 0 Å². The lowest BCUT2D eigenvalue weighted by Crippen LogP contribution is -2.51. The molecule has 0 radical (unpaired) electrons. The van der Waals surface area contributed by atoms with Gasteiger partial charge < -0.3 is 29.9 Å². The van der Waals surface area contributed by atoms with Crippen LogP contribution in [0.15, 0.2) is 65.8 Å². The number of fused-ring (bicyclic) bond motifs is 4. The van der Waals surface area contributed by atoms with Gasteiger partial charge in [0, 0.05) is 17.3 Å². The van der Waals surface area contributed by atoms with E-state index in [4.69, 9.17) is 19.2 Å². The van der Waals surface area contributed by atoms with Gasteiger partial charge in [-0.15, -0.1) is 0 Å². The van der Waals surface area contributed by atoms with Crippen LogP contribution in [0.2, 0.25) is 0 Å². The fraction of sp³-hybridized carbons (Fsp3) is 0.344. The maximum Gasteiger partial charge on any atom is 0.339 e. The van der Waals surface area contributed by atoms with E-state index in [-0.39, 0.29) is 18.0 Å². The molecule has 6 heterocycles. The van der Waals surface area contributed by atoms with Gasteiger partial charge in [-0.3, -0.25) is 0 Å². The number of anilines is 3. The lowest BCUT2D eigenvalue weighted by molar-refractivity contribution is 0.0420. The Morgan fingerprint density at radius 2 is 1.84 bits per heavy atom. The van der Waals surface area contributed by atoms with Crippen LogP contribution in [0.4, 0.5) is 17.5 Å². The second kappa shape index (κ2) is 10.9. The summed E-state index contributed by atoms with van der Waals surface area (Å²) in [5.74, 6) is 1.44. The third-order valence-corrected chi connectivity index (χ3v) is 8.95. The number of aromatic nitrogens is 4. The molecule has 2 aromatic carbocycles. The van der Waals surface area contributed by atoms with Gasteiger partial charge in [0.05, 0.1) is 18.2 Å². The number of hydrogen-bond acceptors (Lipinski definition) is 11. The van der Waals surface area contributed by atoms with E-state index in [9.17, 15) is 9.90 Å². The molecule has 2 aromatic heterocycles. The first-order valence-electron chi connectivity index (χ1n) is 14.6. The zero-order valence-electron chi connectivity index (χ0n) is 23.9. The molecule has 0 amide bonds. The molecule has 0 spiro atoms. The highest BCUT2D eigenvalue weighted by Gasteiger charge is 2.44. The largest absolute Gasteiger partial charge is 0.454 e. The zero-order valence-corrected chi connectivity index (χ0v) is 23.9. The van der Waals surface area contributed by atoms with E-state index in [1.54, 1.807) is 25.3 Å². The lowest BCUT2D eigenvalue weighted by Gasteiger charge is -2.46. The van der Waals surface area contributed by atoms with Crippen LogP contribution >= 0.6 is 0 Å². The Kier molecular flexibility index (Phi) is 6.91. The molecule has 0 saturated carbocycles.